The molecule has 1 saturated heterocycles. The molecule has 0 aromatic heterocycles. The van der Waals surface area contributed by atoms with Gasteiger partial charge in [-0.25, -0.2) is 0 Å². The lowest BCUT2D eigenvalue weighted by Gasteiger charge is -2.22. The molecule has 0 N–H and O–H groups in total. The van der Waals surface area contributed by atoms with Gasteiger partial charge in [0, 0.05) is 13.1 Å². The van der Waals surface area contributed by atoms with Crippen LogP contribution in [-0.2, 0) is 0 Å². The number of hydrogen-bond donors (Lipinski definition) is 0. The molecule has 3 heteroatoms. The lowest BCUT2D eigenvalue weighted by atomic mass is 10.1. The lowest BCUT2D eigenvalue weighted by molar-refractivity contribution is 0.249. The summed E-state index contributed by atoms with van der Waals surface area (Å²) >= 11 is 0. The summed E-state index contributed by atoms with van der Waals surface area (Å²) in [6.45, 7) is 10.8. The van der Waals surface area contributed by atoms with Gasteiger partial charge >= 0.3 is 0 Å². The zero-order valence-corrected chi connectivity index (χ0v) is 9.37. The second kappa shape index (κ2) is 6.00. The van der Waals surface area contributed by atoms with Crippen LogP contribution in [0.2, 0.25) is 0 Å². The summed E-state index contributed by atoms with van der Waals surface area (Å²) in [5, 5.41) is 8.59. The highest BCUT2D eigenvalue weighted by atomic mass is 15.2. The third kappa shape index (κ3) is 3.28. The van der Waals surface area contributed by atoms with E-state index >= 15 is 0 Å². The van der Waals surface area contributed by atoms with Crippen LogP contribution in [0.25, 0.3) is 0 Å². The van der Waals surface area contributed by atoms with E-state index in [0.717, 1.165) is 32.1 Å². The zero-order chi connectivity index (χ0) is 10.4. The monoisotopic (exact) mass is 195 g/mol. The van der Waals surface area contributed by atoms with Crippen LogP contribution < -0.4 is 0 Å². The van der Waals surface area contributed by atoms with Crippen molar-refractivity contribution in [1.29, 1.82) is 5.26 Å². The number of rotatable bonds is 5. The summed E-state index contributed by atoms with van der Waals surface area (Å²) in [6, 6.07) is 2.22. The van der Waals surface area contributed by atoms with Crippen LogP contribution in [0, 0.1) is 17.2 Å². The molecule has 14 heavy (non-hydrogen) atoms. The van der Waals surface area contributed by atoms with Gasteiger partial charge in [0.25, 0.3) is 0 Å². The molecule has 0 saturated carbocycles. The van der Waals surface area contributed by atoms with Crippen LogP contribution in [0.5, 0.6) is 0 Å². The smallest absolute Gasteiger partial charge is 0.0866 e. The van der Waals surface area contributed by atoms with Gasteiger partial charge in [-0.05, 0) is 32.0 Å². The van der Waals surface area contributed by atoms with Crippen molar-refractivity contribution >= 4 is 0 Å². The third-order valence-corrected chi connectivity index (χ3v) is 3.08. The van der Waals surface area contributed by atoms with E-state index in [-0.39, 0.29) is 0 Å². The Kier molecular flexibility index (Phi) is 4.92. The Morgan fingerprint density at radius 1 is 1.43 bits per heavy atom. The van der Waals surface area contributed by atoms with Crippen molar-refractivity contribution in [2.24, 2.45) is 5.92 Å². The van der Waals surface area contributed by atoms with Crippen LogP contribution >= 0.6 is 0 Å². The van der Waals surface area contributed by atoms with E-state index in [4.69, 9.17) is 5.26 Å². The first-order chi connectivity index (χ1) is 6.80. The number of hydrogen-bond acceptors (Lipinski definition) is 3. The summed E-state index contributed by atoms with van der Waals surface area (Å²) in [7, 11) is 0. The predicted octanol–water partition coefficient (Wildman–Crippen LogP) is 1.17. The SMILES string of the molecule is CCN(CC)CC1CCN(CC#N)C1. The molecule has 0 radical (unpaired) electrons. The van der Waals surface area contributed by atoms with Crippen LogP contribution in [0.3, 0.4) is 0 Å². The first kappa shape index (κ1) is 11.5. The highest BCUT2D eigenvalue weighted by Gasteiger charge is 2.22. The highest BCUT2D eigenvalue weighted by Crippen LogP contribution is 2.16. The van der Waals surface area contributed by atoms with Crippen molar-refractivity contribution < 1.29 is 0 Å². The minimum Gasteiger partial charge on any atom is -0.304 e. The molecule has 1 atom stereocenters. The van der Waals surface area contributed by atoms with Gasteiger partial charge in [0.1, 0.15) is 0 Å². The van der Waals surface area contributed by atoms with E-state index in [1.807, 2.05) is 0 Å². The topological polar surface area (TPSA) is 30.3 Å². The second-order valence-electron chi connectivity index (χ2n) is 4.03. The molecule has 0 aliphatic carbocycles. The molecule has 3 nitrogen and oxygen atoms in total. The number of nitrogens with zero attached hydrogens (tertiary/aromatic N) is 3. The van der Waals surface area contributed by atoms with Gasteiger partial charge in [-0.1, -0.05) is 13.8 Å². The van der Waals surface area contributed by atoms with Gasteiger partial charge < -0.3 is 4.90 Å². The Bertz CT molecular complexity index is 193. The fraction of sp³-hybridized carbons (Fsp3) is 0.909. The Balaban J connectivity index is 2.25. The average molecular weight is 195 g/mol. The Labute approximate surface area is 87.3 Å². The minimum atomic E-state index is 0.606. The van der Waals surface area contributed by atoms with Crippen LogP contribution in [0.15, 0.2) is 0 Å². The number of nitriles is 1. The van der Waals surface area contributed by atoms with E-state index in [9.17, 15) is 0 Å². The Hall–Kier alpha value is -0.590. The lowest BCUT2D eigenvalue weighted by Crippen LogP contribution is -2.31. The molecule has 0 amide bonds. The largest absolute Gasteiger partial charge is 0.304 e. The summed E-state index contributed by atoms with van der Waals surface area (Å²) in [5.74, 6) is 0.781. The Morgan fingerprint density at radius 2 is 2.14 bits per heavy atom. The maximum atomic E-state index is 8.59. The summed E-state index contributed by atoms with van der Waals surface area (Å²) in [6.07, 6.45) is 1.26. The maximum absolute atomic E-state index is 8.59. The molecule has 1 aliphatic heterocycles. The van der Waals surface area contributed by atoms with Crippen molar-refractivity contribution in [2.75, 3.05) is 39.3 Å². The molecule has 1 unspecified atom stereocenters. The normalized spacial score (nSPS) is 22.9. The molecule has 1 aliphatic rings. The van der Waals surface area contributed by atoms with Crippen molar-refractivity contribution in [3.8, 4) is 6.07 Å². The minimum absolute atomic E-state index is 0.606. The van der Waals surface area contributed by atoms with Crippen LogP contribution in [0.4, 0.5) is 0 Å². The Morgan fingerprint density at radius 3 is 2.71 bits per heavy atom. The third-order valence-electron chi connectivity index (χ3n) is 3.08. The predicted molar refractivity (Wildman–Crippen MR) is 57.9 cm³/mol. The summed E-state index contributed by atoms with van der Waals surface area (Å²) in [5.41, 5.74) is 0. The second-order valence-corrected chi connectivity index (χ2v) is 4.03. The van der Waals surface area contributed by atoms with Gasteiger partial charge in [0.2, 0.25) is 0 Å². The fourth-order valence-electron chi connectivity index (χ4n) is 2.15. The van der Waals surface area contributed by atoms with E-state index in [2.05, 4.69) is 29.7 Å². The quantitative estimate of drug-likeness (QED) is 0.617. The van der Waals surface area contributed by atoms with Gasteiger partial charge in [-0.2, -0.15) is 5.26 Å². The van der Waals surface area contributed by atoms with Gasteiger partial charge in [-0.15, -0.1) is 0 Å². The van der Waals surface area contributed by atoms with Crippen LogP contribution in [-0.4, -0.2) is 49.1 Å². The van der Waals surface area contributed by atoms with Crippen molar-refractivity contribution in [2.45, 2.75) is 20.3 Å². The molecule has 1 heterocycles. The van der Waals surface area contributed by atoms with Crippen molar-refractivity contribution in [3.63, 3.8) is 0 Å². The zero-order valence-electron chi connectivity index (χ0n) is 9.37. The molecule has 1 fully saturated rings. The van der Waals surface area contributed by atoms with E-state index in [1.165, 1.54) is 13.0 Å². The van der Waals surface area contributed by atoms with Gasteiger partial charge in [0.15, 0.2) is 0 Å². The molecular weight excluding hydrogens is 174 g/mol. The fourth-order valence-corrected chi connectivity index (χ4v) is 2.15. The molecule has 0 bridgehead atoms. The molecule has 0 aromatic carbocycles. The first-order valence-corrected chi connectivity index (χ1v) is 5.61. The molecule has 1 rings (SSSR count). The van der Waals surface area contributed by atoms with E-state index in [1.54, 1.807) is 0 Å². The number of likely N-dealkylation sites (tertiary alicyclic amines) is 1. The van der Waals surface area contributed by atoms with E-state index < -0.39 is 0 Å². The van der Waals surface area contributed by atoms with Gasteiger partial charge in [-0.3, -0.25) is 4.90 Å². The molecule has 0 aromatic rings. The maximum Gasteiger partial charge on any atom is 0.0866 e. The summed E-state index contributed by atoms with van der Waals surface area (Å²) < 4.78 is 0. The van der Waals surface area contributed by atoms with E-state index in [0.29, 0.717) is 6.54 Å². The van der Waals surface area contributed by atoms with Crippen molar-refractivity contribution in [3.05, 3.63) is 0 Å². The highest BCUT2D eigenvalue weighted by molar-refractivity contribution is 4.84. The van der Waals surface area contributed by atoms with Crippen molar-refractivity contribution in [1.82, 2.24) is 9.80 Å². The molecule has 0 spiro atoms. The molecular formula is C11H21N3. The first-order valence-electron chi connectivity index (χ1n) is 5.61. The van der Waals surface area contributed by atoms with Gasteiger partial charge in [0.05, 0.1) is 12.6 Å². The standard InChI is InChI=1S/C11H21N3/c1-3-13(4-2)9-11-5-7-14(10-11)8-6-12/h11H,3-5,7-10H2,1-2H3. The molecule has 80 valence electrons. The van der Waals surface area contributed by atoms with Crippen LogP contribution in [0.1, 0.15) is 20.3 Å². The summed E-state index contributed by atoms with van der Waals surface area (Å²) in [4.78, 5) is 4.73. The average Bonchev–Trinajstić information content (AvgIpc) is 2.63.